The molecule has 0 aromatic carbocycles. The first-order chi connectivity index (χ1) is 8.29. The maximum Gasteiger partial charge on any atom is 0.471 e. The van der Waals surface area contributed by atoms with Crippen molar-refractivity contribution in [1.29, 1.82) is 0 Å². The van der Waals surface area contributed by atoms with Crippen LogP contribution in [-0.4, -0.2) is 43.2 Å². The van der Waals surface area contributed by atoms with Crippen molar-refractivity contribution in [2.45, 2.75) is 38.8 Å². The minimum Gasteiger partial charge on any atom is -0.466 e. The van der Waals surface area contributed by atoms with Crippen LogP contribution in [0.15, 0.2) is 0 Å². The number of hydrogen-bond acceptors (Lipinski definition) is 3. The summed E-state index contributed by atoms with van der Waals surface area (Å²) < 4.78 is 40.9. The SMILES string of the molecule is CCCCOC(=O)CCCN(C)C(=O)C(F)(F)F. The monoisotopic (exact) mass is 269 g/mol. The van der Waals surface area contributed by atoms with Crippen molar-refractivity contribution in [1.82, 2.24) is 4.90 Å². The van der Waals surface area contributed by atoms with E-state index in [0.717, 1.165) is 19.9 Å². The molecule has 0 saturated heterocycles. The molecule has 18 heavy (non-hydrogen) atoms. The molecular formula is C11H18F3NO3. The van der Waals surface area contributed by atoms with Crippen LogP contribution >= 0.6 is 0 Å². The van der Waals surface area contributed by atoms with E-state index in [1.165, 1.54) is 0 Å². The summed E-state index contributed by atoms with van der Waals surface area (Å²) in [5, 5.41) is 0. The molecule has 0 heterocycles. The van der Waals surface area contributed by atoms with Gasteiger partial charge in [-0.25, -0.2) is 0 Å². The fraction of sp³-hybridized carbons (Fsp3) is 0.818. The van der Waals surface area contributed by atoms with Gasteiger partial charge in [-0.1, -0.05) is 13.3 Å². The number of esters is 1. The van der Waals surface area contributed by atoms with Crippen LogP contribution in [0.5, 0.6) is 0 Å². The lowest BCUT2D eigenvalue weighted by Crippen LogP contribution is -2.39. The number of unbranched alkanes of at least 4 members (excludes halogenated alkanes) is 1. The Hall–Kier alpha value is -1.27. The van der Waals surface area contributed by atoms with Crippen molar-refractivity contribution in [2.75, 3.05) is 20.2 Å². The number of ether oxygens (including phenoxy) is 1. The van der Waals surface area contributed by atoms with Gasteiger partial charge in [0.2, 0.25) is 0 Å². The van der Waals surface area contributed by atoms with E-state index in [4.69, 9.17) is 4.74 Å². The third-order valence-corrected chi connectivity index (χ3v) is 2.22. The van der Waals surface area contributed by atoms with Gasteiger partial charge in [0.15, 0.2) is 0 Å². The molecule has 0 N–H and O–H groups in total. The lowest BCUT2D eigenvalue weighted by molar-refractivity contribution is -0.184. The van der Waals surface area contributed by atoms with E-state index in [9.17, 15) is 22.8 Å². The Morgan fingerprint density at radius 2 is 1.83 bits per heavy atom. The molecule has 0 aromatic heterocycles. The number of carbonyl (C=O) groups is 2. The lowest BCUT2D eigenvalue weighted by Gasteiger charge is -2.18. The van der Waals surface area contributed by atoms with Gasteiger partial charge in [-0.15, -0.1) is 0 Å². The maximum absolute atomic E-state index is 12.0. The molecular weight excluding hydrogens is 251 g/mol. The van der Waals surface area contributed by atoms with Crippen LogP contribution in [0.3, 0.4) is 0 Å². The molecule has 0 atom stereocenters. The van der Waals surface area contributed by atoms with Crippen molar-refractivity contribution in [3.63, 3.8) is 0 Å². The van der Waals surface area contributed by atoms with Crippen LogP contribution in [0, 0.1) is 0 Å². The van der Waals surface area contributed by atoms with E-state index in [1.54, 1.807) is 0 Å². The van der Waals surface area contributed by atoms with E-state index < -0.39 is 18.1 Å². The predicted molar refractivity (Wildman–Crippen MR) is 58.8 cm³/mol. The normalized spacial score (nSPS) is 11.2. The first-order valence-electron chi connectivity index (χ1n) is 5.77. The molecule has 4 nitrogen and oxygen atoms in total. The van der Waals surface area contributed by atoms with Gasteiger partial charge in [0.25, 0.3) is 0 Å². The Balaban J connectivity index is 3.78. The Morgan fingerprint density at radius 3 is 2.33 bits per heavy atom. The number of halogens is 3. The Bertz CT molecular complexity index is 279. The Morgan fingerprint density at radius 1 is 1.22 bits per heavy atom. The standard InChI is InChI=1S/C11H18F3NO3/c1-3-4-8-18-9(16)6-5-7-15(2)10(17)11(12,13)14/h3-8H2,1-2H3. The van der Waals surface area contributed by atoms with E-state index in [2.05, 4.69) is 0 Å². The topological polar surface area (TPSA) is 46.6 Å². The zero-order chi connectivity index (χ0) is 14.2. The van der Waals surface area contributed by atoms with Gasteiger partial charge in [-0.2, -0.15) is 13.2 Å². The minimum atomic E-state index is -4.86. The van der Waals surface area contributed by atoms with Crippen LogP contribution in [-0.2, 0) is 14.3 Å². The molecule has 1 amide bonds. The number of alkyl halides is 3. The fourth-order valence-electron chi connectivity index (χ4n) is 1.18. The first-order valence-corrected chi connectivity index (χ1v) is 5.77. The second-order valence-corrected chi connectivity index (χ2v) is 3.90. The molecule has 0 aliphatic carbocycles. The van der Waals surface area contributed by atoms with E-state index in [1.807, 2.05) is 6.92 Å². The van der Waals surface area contributed by atoms with Crippen molar-refractivity contribution in [3.8, 4) is 0 Å². The van der Waals surface area contributed by atoms with Gasteiger partial charge >= 0.3 is 18.1 Å². The Labute approximate surface area is 104 Å². The molecule has 0 bridgehead atoms. The molecule has 0 radical (unpaired) electrons. The molecule has 0 unspecified atom stereocenters. The van der Waals surface area contributed by atoms with Crippen LogP contribution in [0.2, 0.25) is 0 Å². The minimum absolute atomic E-state index is 0.0131. The van der Waals surface area contributed by atoms with Gasteiger partial charge < -0.3 is 9.64 Å². The molecule has 0 fully saturated rings. The van der Waals surface area contributed by atoms with Gasteiger partial charge in [0, 0.05) is 20.0 Å². The summed E-state index contributed by atoms with van der Waals surface area (Å²) in [6.07, 6.45) is -3.03. The van der Waals surface area contributed by atoms with Gasteiger partial charge in [-0.3, -0.25) is 9.59 Å². The molecule has 0 aliphatic heterocycles. The van der Waals surface area contributed by atoms with Gasteiger partial charge in [-0.05, 0) is 12.8 Å². The third kappa shape index (κ3) is 7.13. The highest BCUT2D eigenvalue weighted by Crippen LogP contribution is 2.17. The first kappa shape index (κ1) is 16.7. The quantitative estimate of drug-likeness (QED) is 0.525. The average molecular weight is 269 g/mol. The second-order valence-electron chi connectivity index (χ2n) is 3.90. The number of hydrogen-bond donors (Lipinski definition) is 0. The molecule has 0 aromatic rings. The number of nitrogens with zero attached hydrogens (tertiary/aromatic N) is 1. The largest absolute Gasteiger partial charge is 0.471 e. The maximum atomic E-state index is 12.0. The van der Waals surface area contributed by atoms with Gasteiger partial charge in [0.05, 0.1) is 6.61 Å². The van der Waals surface area contributed by atoms with Crippen LogP contribution in [0.1, 0.15) is 32.6 Å². The van der Waals surface area contributed by atoms with E-state index in [0.29, 0.717) is 11.5 Å². The smallest absolute Gasteiger partial charge is 0.466 e. The van der Waals surface area contributed by atoms with E-state index in [-0.39, 0.29) is 19.4 Å². The third-order valence-electron chi connectivity index (χ3n) is 2.22. The number of carbonyl (C=O) groups excluding carboxylic acids is 2. The highest BCUT2D eigenvalue weighted by molar-refractivity contribution is 5.81. The van der Waals surface area contributed by atoms with Crippen molar-refractivity contribution >= 4 is 11.9 Å². The second kappa shape index (κ2) is 7.94. The molecule has 0 rings (SSSR count). The van der Waals surface area contributed by atoms with Crippen LogP contribution < -0.4 is 0 Å². The van der Waals surface area contributed by atoms with Crippen molar-refractivity contribution < 1.29 is 27.5 Å². The summed E-state index contributed by atoms with van der Waals surface area (Å²) in [7, 11) is 1.05. The van der Waals surface area contributed by atoms with Crippen LogP contribution in [0.25, 0.3) is 0 Å². The summed E-state index contributed by atoms with van der Waals surface area (Å²) in [5.74, 6) is -2.35. The summed E-state index contributed by atoms with van der Waals surface area (Å²) in [5.41, 5.74) is 0. The molecule has 0 aliphatic rings. The summed E-state index contributed by atoms with van der Waals surface area (Å²) in [6.45, 7) is 2.15. The number of amides is 1. The fourth-order valence-corrected chi connectivity index (χ4v) is 1.18. The molecule has 0 spiro atoms. The summed E-state index contributed by atoms with van der Waals surface area (Å²) in [6, 6.07) is 0. The molecule has 106 valence electrons. The summed E-state index contributed by atoms with van der Waals surface area (Å²) >= 11 is 0. The Kier molecular flexibility index (Phi) is 7.38. The highest BCUT2D eigenvalue weighted by atomic mass is 19.4. The average Bonchev–Trinajstić information content (AvgIpc) is 2.27. The van der Waals surface area contributed by atoms with Gasteiger partial charge in [0.1, 0.15) is 0 Å². The van der Waals surface area contributed by atoms with Crippen LogP contribution in [0.4, 0.5) is 13.2 Å². The summed E-state index contributed by atoms with van der Waals surface area (Å²) in [4.78, 5) is 22.4. The predicted octanol–water partition coefficient (Wildman–Crippen LogP) is 2.13. The molecule has 0 saturated carbocycles. The zero-order valence-corrected chi connectivity index (χ0v) is 10.5. The lowest BCUT2D eigenvalue weighted by atomic mass is 10.3. The van der Waals surface area contributed by atoms with Crippen molar-refractivity contribution in [3.05, 3.63) is 0 Å². The molecule has 7 heteroatoms. The highest BCUT2D eigenvalue weighted by Gasteiger charge is 2.40. The van der Waals surface area contributed by atoms with E-state index >= 15 is 0 Å². The van der Waals surface area contributed by atoms with Crippen molar-refractivity contribution in [2.24, 2.45) is 0 Å². The zero-order valence-electron chi connectivity index (χ0n) is 10.5. The number of rotatable bonds is 7.